The van der Waals surface area contributed by atoms with Crippen LogP contribution in [0.25, 0.3) is 0 Å². The number of nitrogens with one attached hydrogen (secondary N) is 2. The maximum atomic E-state index is 12.6. The van der Waals surface area contributed by atoms with Gasteiger partial charge in [-0.25, -0.2) is 0 Å². The summed E-state index contributed by atoms with van der Waals surface area (Å²) >= 11 is 0. The topological polar surface area (TPSA) is 75.3 Å². The molecule has 0 saturated carbocycles. The van der Waals surface area contributed by atoms with Gasteiger partial charge in [0.25, 0.3) is 0 Å². The van der Waals surface area contributed by atoms with Gasteiger partial charge in [-0.15, -0.1) is 0 Å². The van der Waals surface area contributed by atoms with Gasteiger partial charge < -0.3 is 10.6 Å². The van der Waals surface area contributed by atoms with Gasteiger partial charge >= 0.3 is 0 Å². The second kappa shape index (κ2) is 6.34. The van der Waals surface area contributed by atoms with Crippen LogP contribution in [0.3, 0.4) is 0 Å². The summed E-state index contributed by atoms with van der Waals surface area (Å²) in [6.07, 6.45) is -0.124. The first-order valence-corrected chi connectivity index (χ1v) is 8.43. The Morgan fingerprint density at radius 3 is 2.65 bits per heavy atom. The lowest BCUT2D eigenvalue weighted by Gasteiger charge is -2.23. The fourth-order valence-corrected chi connectivity index (χ4v) is 3.87. The summed E-state index contributed by atoms with van der Waals surface area (Å²) in [5.74, 6) is -0.714. The summed E-state index contributed by atoms with van der Waals surface area (Å²) in [6.45, 7) is 1.89. The molecular weight excluding hydrogens is 312 g/mol. The number of carbonyl (C=O) groups excluding carboxylic acids is 2. The van der Waals surface area contributed by atoms with Crippen molar-refractivity contribution in [1.82, 2.24) is 0 Å². The van der Waals surface area contributed by atoms with E-state index in [4.69, 9.17) is 0 Å². The summed E-state index contributed by atoms with van der Waals surface area (Å²) in [6, 6.07) is 14.3. The Balaban J connectivity index is 1.75. The molecular formula is C17H16N2O3S. The van der Waals surface area contributed by atoms with Crippen molar-refractivity contribution >= 4 is 34.0 Å². The average molecular weight is 328 g/mol. The highest BCUT2D eigenvalue weighted by Crippen LogP contribution is 2.28. The van der Waals surface area contributed by atoms with Gasteiger partial charge in [-0.05, 0) is 30.7 Å². The Morgan fingerprint density at radius 2 is 1.87 bits per heavy atom. The molecule has 0 bridgehead atoms. The number of rotatable bonds is 3. The normalized spacial score (nSPS) is 19.6. The second-order valence-corrected chi connectivity index (χ2v) is 6.94. The van der Waals surface area contributed by atoms with E-state index in [0.29, 0.717) is 16.3 Å². The van der Waals surface area contributed by atoms with Crippen LogP contribution in [0.15, 0.2) is 53.4 Å². The molecule has 5 nitrogen and oxygen atoms in total. The molecule has 1 heterocycles. The number of aryl methyl sites for hydroxylation is 1. The molecule has 23 heavy (non-hydrogen) atoms. The monoisotopic (exact) mass is 328 g/mol. The van der Waals surface area contributed by atoms with Crippen LogP contribution in [0.4, 0.5) is 11.4 Å². The maximum absolute atomic E-state index is 12.6. The minimum absolute atomic E-state index is 0.124. The fourth-order valence-electron chi connectivity index (χ4n) is 2.46. The van der Waals surface area contributed by atoms with E-state index in [-0.39, 0.29) is 18.2 Å². The standard InChI is InChI=1S/C17H16N2O3S/c1-11-6-2-3-7-12(11)18-16(20)10-15-17(21)19-13-8-4-5-9-14(13)23(15)22/h2-9,15H,10H2,1H3,(H,18,20)(H,19,21)/t15-,23+/m0/s1. The smallest absolute Gasteiger partial charge is 0.241 e. The van der Waals surface area contributed by atoms with Crippen molar-refractivity contribution in [1.29, 1.82) is 0 Å². The lowest BCUT2D eigenvalue weighted by molar-refractivity contribution is -0.120. The van der Waals surface area contributed by atoms with E-state index in [1.54, 1.807) is 30.3 Å². The Bertz CT molecular complexity index is 804. The number of anilines is 2. The summed E-state index contributed by atoms with van der Waals surface area (Å²) in [5.41, 5.74) is 2.17. The predicted molar refractivity (Wildman–Crippen MR) is 89.7 cm³/mol. The highest BCUT2D eigenvalue weighted by atomic mass is 32.2. The first-order valence-electron chi connectivity index (χ1n) is 7.22. The highest BCUT2D eigenvalue weighted by Gasteiger charge is 2.34. The number of para-hydroxylation sites is 2. The molecule has 2 aromatic rings. The number of benzene rings is 2. The molecule has 0 radical (unpaired) electrons. The van der Waals surface area contributed by atoms with E-state index in [2.05, 4.69) is 10.6 Å². The SMILES string of the molecule is Cc1ccccc1NC(=O)C[C@H]1C(=O)Nc2ccccc2[S@]1=O. The molecule has 0 aromatic heterocycles. The predicted octanol–water partition coefficient (Wildman–Crippen LogP) is 2.45. The lowest BCUT2D eigenvalue weighted by Crippen LogP contribution is -2.39. The van der Waals surface area contributed by atoms with Gasteiger partial charge in [-0.3, -0.25) is 13.8 Å². The van der Waals surface area contributed by atoms with Crippen molar-refractivity contribution in [2.75, 3.05) is 10.6 Å². The molecule has 3 rings (SSSR count). The minimum Gasteiger partial charge on any atom is -0.326 e. The van der Waals surface area contributed by atoms with Crippen molar-refractivity contribution in [3.05, 3.63) is 54.1 Å². The number of fused-ring (bicyclic) bond motifs is 1. The zero-order valence-corrected chi connectivity index (χ0v) is 13.4. The van der Waals surface area contributed by atoms with Gasteiger partial charge in [0, 0.05) is 5.69 Å². The van der Waals surface area contributed by atoms with E-state index in [1.165, 1.54) is 0 Å². The minimum atomic E-state index is -1.54. The lowest BCUT2D eigenvalue weighted by atomic mass is 10.2. The zero-order valence-electron chi connectivity index (χ0n) is 12.5. The first-order chi connectivity index (χ1) is 11.1. The Kier molecular flexibility index (Phi) is 4.25. The van der Waals surface area contributed by atoms with Crippen molar-refractivity contribution in [3.63, 3.8) is 0 Å². The molecule has 0 fully saturated rings. The third kappa shape index (κ3) is 3.17. The number of hydrogen-bond acceptors (Lipinski definition) is 3. The van der Waals surface area contributed by atoms with Crippen molar-refractivity contribution in [3.8, 4) is 0 Å². The van der Waals surface area contributed by atoms with Gasteiger partial charge in [0.15, 0.2) is 0 Å². The zero-order chi connectivity index (χ0) is 16.4. The largest absolute Gasteiger partial charge is 0.326 e. The molecule has 1 aliphatic heterocycles. The van der Waals surface area contributed by atoms with Gasteiger partial charge in [0.05, 0.1) is 27.8 Å². The van der Waals surface area contributed by atoms with Crippen LogP contribution in [-0.2, 0) is 20.4 Å². The third-order valence-corrected chi connectivity index (χ3v) is 5.39. The third-order valence-electron chi connectivity index (χ3n) is 3.70. The van der Waals surface area contributed by atoms with Crippen molar-refractivity contribution < 1.29 is 13.8 Å². The van der Waals surface area contributed by atoms with Crippen LogP contribution in [-0.4, -0.2) is 21.3 Å². The highest BCUT2D eigenvalue weighted by molar-refractivity contribution is 7.86. The molecule has 0 aliphatic carbocycles. The van der Waals surface area contributed by atoms with Crippen LogP contribution in [0.2, 0.25) is 0 Å². The van der Waals surface area contributed by atoms with E-state index in [1.807, 2.05) is 25.1 Å². The average Bonchev–Trinajstić information content (AvgIpc) is 2.54. The fraction of sp³-hybridized carbons (Fsp3) is 0.176. The van der Waals surface area contributed by atoms with Crippen molar-refractivity contribution in [2.24, 2.45) is 0 Å². The van der Waals surface area contributed by atoms with E-state index in [0.717, 1.165) is 5.56 Å². The van der Waals surface area contributed by atoms with Crippen LogP contribution in [0.1, 0.15) is 12.0 Å². The molecule has 118 valence electrons. The summed E-state index contributed by atoms with van der Waals surface area (Å²) in [7, 11) is -1.54. The molecule has 6 heteroatoms. The number of hydrogen-bond donors (Lipinski definition) is 2. The molecule has 2 aromatic carbocycles. The number of carbonyl (C=O) groups is 2. The van der Waals surface area contributed by atoms with Gasteiger partial charge in [0.1, 0.15) is 5.25 Å². The Hall–Kier alpha value is -2.47. The van der Waals surface area contributed by atoms with Crippen LogP contribution in [0, 0.1) is 6.92 Å². The summed E-state index contributed by atoms with van der Waals surface area (Å²) in [5, 5.41) is 4.60. The number of amides is 2. The first kappa shape index (κ1) is 15.4. The quantitative estimate of drug-likeness (QED) is 0.909. The molecule has 0 spiro atoms. The van der Waals surface area contributed by atoms with Crippen LogP contribution in [0.5, 0.6) is 0 Å². The molecule has 2 amide bonds. The molecule has 0 unspecified atom stereocenters. The van der Waals surface area contributed by atoms with Crippen LogP contribution < -0.4 is 10.6 Å². The van der Waals surface area contributed by atoms with E-state index >= 15 is 0 Å². The van der Waals surface area contributed by atoms with E-state index < -0.39 is 16.0 Å². The summed E-state index contributed by atoms with van der Waals surface area (Å²) < 4.78 is 12.6. The van der Waals surface area contributed by atoms with Gasteiger partial charge in [-0.2, -0.15) is 0 Å². The second-order valence-electron chi connectivity index (χ2n) is 5.34. The molecule has 2 N–H and O–H groups in total. The van der Waals surface area contributed by atoms with E-state index in [9.17, 15) is 13.8 Å². The van der Waals surface area contributed by atoms with Gasteiger partial charge in [0.2, 0.25) is 11.8 Å². The van der Waals surface area contributed by atoms with Gasteiger partial charge in [-0.1, -0.05) is 30.3 Å². The molecule has 1 aliphatic rings. The van der Waals surface area contributed by atoms with Crippen molar-refractivity contribution in [2.45, 2.75) is 23.5 Å². The maximum Gasteiger partial charge on any atom is 0.241 e. The van der Waals surface area contributed by atoms with Crippen LogP contribution >= 0.6 is 0 Å². The Morgan fingerprint density at radius 1 is 1.17 bits per heavy atom. The molecule has 2 atom stereocenters. The summed E-state index contributed by atoms with van der Waals surface area (Å²) in [4.78, 5) is 24.9. The molecule has 0 saturated heterocycles. The Labute approximate surface area is 136 Å².